The average molecular weight is 110 g/mol. The molecular weight excluding hydrogens is 97.7 g/mol. The van der Waals surface area contributed by atoms with Crippen LogP contribution in [0.2, 0.25) is 0 Å². The van der Waals surface area contributed by atoms with Crippen molar-refractivity contribution in [3.63, 3.8) is 0 Å². The van der Waals surface area contributed by atoms with Crippen LogP contribution in [0, 0.1) is 0 Å². The van der Waals surface area contributed by atoms with Crippen molar-refractivity contribution in [2.24, 2.45) is 0 Å². The molecule has 2 N–H and O–H groups in total. The van der Waals surface area contributed by atoms with E-state index in [2.05, 4.69) is 35.1 Å². The quantitative estimate of drug-likeness (QED) is 0.461. The summed E-state index contributed by atoms with van der Waals surface area (Å²) in [5, 5.41) is 4.86. The maximum absolute atomic E-state index is 4.38. The van der Waals surface area contributed by atoms with E-state index in [9.17, 15) is 0 Å². The van der Waals surface area contributed by atoms with Crippen LogP contribution in [0.1, 0.15) is 13.8 Å². The summed E-state index contributed by atoms with van der Waals surface area (Å²) in [6, 6.07) is 0. The molecule has 0 aliphatic carbocycles. The van der Waals surface area contributed by atoms with Crippen LogP contribution < -0.4 is 10.5 Å². The lowest BCUT2D eigenvalue weighted by Crippen LogP contribution is -2.09. The van der Waals surface area contributed by atoms with E-state index >= 15 is 0 Å². The predicted octanol–water partition coefficient (Wildman–Crippen LogP) is -0.641. The maximum atomic E-state index is 4.38. The van der Waals surface area contributed by atoms with Crippen molar-refractivity contribution in [2.45, 2.75) is 13.8 Å². The Morgan fingerprint density at radius 2 is 1.38 bits per heavy atom. The first-order valence-corrected chi connectivity index (χ1v) is 2.70. The fourth-order valence-corrected chi connectivity index (χ4v) is 0.250. The standard InChI is InChI=1S/C4H11N.B2HN/c1-3-5-4-2;1-3-2/h5H,3-4H2,1-2H3;3H. The first kappa shape index (κ1) is 10.9. The van der Waals surface area contributed by atoms with E-state index in [1.807, 2.05) is 0 Å². The molecular formula is C4H12B2N2. The molecule has 0 atom stereocenters. The minimum Gasteiger partial charge on any atom is -0.418 e. The predicted molar refractivity (Wildman–Crippen MR) is 38.9 cm³/mol. The summed E-state index contributed by atoms with van der Waals surface area (Å²) < 4.78 is 0. The Balaban J connectivity index is 0. The third kappa shape index (κ3) is 36.7. The van der Waals surface area contributed by atoms with Crippen molar-refractivity contribution < 1.29 is 0 Å². The summed E-state index contributed by atoms with van der Waals surface area (Å²) in [7, 11) is 8.75. The molecule has 4 radical (unpaired) electrons. The summed E-state index contributed by atoms with van der Waals surface area (Å²) in [6.45, 7) is 6.39. The highest BCUT2D eigenvalue weighted by atomic mass is 14.8. The molecule has 0 aromatic heterocycles. The summed E-state index contributed by atoms with van der Waals surface area (Å²) >= 11 is 0. The van der Waals surface area contributed by atoms with E-state index in [1.165, 1.54) is 0 Å². The van der Waals surface area contributed by atoms with Crippen molar-refractivity contribution in [1.29, 1.82) is 0 Å². The number of hydrogen-bond donors (Lipinski definition) is 2. The minimum atomic E-state index is 1.09. The zero-order valence-electron chi connectivity index (χ0n) is 5.57. The molecule has 0 saturated heterocycles. The van der Waals surface area contributed by atoms with Gasteiger partial charge in [0.05, 0.1) is 0 Å². The summed E-state index contributed by atoms with van der Waals surface area (Å²) in [5.41, 5.74) is 0. The van der Waals surface area contributed by atoms with Crippen molar-refractivity contribution in [3.8, 4) is 0 Å². The molecule has 8 heavy (non-hydrogen) atoms. The molecule has 0 fully saturated rings. The lowest BCUT2D eigenvalue weighted by atomic mass is 10.3. The van der Waals surface area contributed by atoms with E-state index < -0.39 is 0 Å². The van der Waals surface area contributed by atoms with Gasteiger partial charge in [-0.05, 0) is 13.1 Å². The second kappa shape index (κ2) is 15.7. The third-order valence-electron chi connectivity index (χ3n) is 0.500. The molecule has 0 rings (SSSR count). The van der Waals surface area contributed by atoms with Crippen LogP contribution in [0.15, 0.2) is 0 Å². The van der Waals surface area contributed by atoms with E-state index in [0.717, 1.165) is 13.1 Å². The van der Waals surface area contributed by atoms with Crippen LogP contribution in [0.3, 0.4) is 0 Å². The lowest BCUT2D eigenvalue weighted by Gasteiger charge is -1.86. The van der Waals surface area contributed by atoms with Gasteiger partial charge in [-0.3, -0.25) is 0 Å². The molecule has 0 aliphatic rings. The van der Waals surface area contributed by atoms with E-state index in [-0.39, 0.29) is 0 Å². The van der Waals surface area contributed by atoms with Gasteiger partial charge in [0.15, 0.2) is 16.0 Å². The number of hydrogen-bond acceptors (Lipinski definition) is 2. The van der Waals surface area contributed by atoms with Crippen LogP contribution >= 0.6 is 0 Å². The molecule has 0 aliphatic heterocycles. The van der Waals surface area contributed by atoms with E-state index in [0.29, 0.717) is 0 Å². The van der Waals surface area contributed by atoms with Crippen LogP contribution in [-0.2, 0) is 0 Å². The molecule has 0 saturated carbocycles. The maximum Gasteiger partial charge on any atom is 0.163 e. The zero-order valence-corrected chi connectivity index (χ0v) is 5.57. The third-order valence-corrected chi connectivity index (χ3v) is 0.500. The Morgan fingerprint density at radius 3 is 1.38 bits per heavy atom. The van der Waals surface area contributed by atoms with Gasteiger partial charge in [-0.1, -0.05) is 13.8 Å². The normalized spacial score (nSPS) is 7.25. The molecule has 2 nitrogen and oxygen atoms in total. The van der Waals surface area contributed by atoms with Crippen molar-refractivity contribution in [1.82, 2.24) is 10.5 Å². The van der Waals surface area contributed by atoms with Gasteiger partial charge in [0, 0.05) is 0 Å². The van der Waals surface area contributed by atoms with Gasteiger partial charge in [-0.15, -0.1) is 0 Å². The molecule has 0 aromatic rings. The first-order chi connectivity index (χ1) is 3.83. The molecule has 4 heteroatoms. The largest absolute Gasteiger partial charge is 0.418 e. The van der Waals surface area contributed by atoms with Crippen LogP contribution in [0.5, 0.6) is 0 Å². The Kier molecular flexibility index (Phi) is 21.5. The highest BCUT2D eigenvalue weighted by Gasteiger charge is 1.62. The van der Waals surface area contributed by atoms with E-state index in [1.54, 1.807) is 5.14 Å². The molecule has 0 heterocycles. The highest BCUT2D eigenvalue weighted by molar-refractivity contribution is 6.25. The average Bonchev–Trinajstić information content (AvgIpc) is 1.71. The number of nitrogens with one attached hydrogen (secondary N) is 2. The van der Waals surface area contributed by atoms with Gasteiger partial charge in [-0.2, -0.15) is 0 Å². The SMILES string of the molecule is CCNCC.[B]N[B]. The monoisotopic (exact) mass is 110 g/mol. The zero-order chi connectivity index (χ0) is 6.83. The van der Waals surface area contributed by atoms with Gasteiger partial charge >= 0.3 is 0 Å². The van der Waals surface area contributed by atoms with Crippen LogP contribution in [-0.4, -0.2) is 29.1 Å². The molecule has 44 valence electrons. The fraction of sp³-hybridized carbons (Fsp3) is 1.00. The van der Waals surface area contributed by atoms with Gasteiger partial charge in [-0.25, -0.2) is 0 Å². The molecule has 0 amide bonds. The Morgan fingerprint density at radius 1 is 1.12 bits per heavy atom. The minimum absolute atomic E-state index is 1.09. The van der Waals surface area contributed by atoms with Crippen molar-refractivity contribution in [2.75, 3.05) is 13.1 Å². The Bertz CT molecular complexity index is 26.0. The molecule has 0 spiro atoms. The van der Waals surface area contributed by atoms with Crippen molar-refractivity contribution >= 4 is 16.0 Å². The second-order valence-corrected chi connectivity index (χ2v) is 1.12. The highest BCUT2D eigenvalue weighted by Crippen LogP contribution is 1.47. The smallest absolute Gasteiger partial charge is 0.163 e. The van der Waals surface area contributed by atoms with Crippen molar-refractivity contribution in [3.05, 3.63) is 0 Å². The Labute approximate surface area is 54.3 Å². The lowest BCUT2D eigenvalue weighted by molar-refractivity contribution is 0.762. The van der Waals surface area contributed by atoms with Gasteiger partial charge in [0.25, 0.3) is 0 Å². The summed E-state index contributed by atoms with van der Waals surface area (Å²) in [6.07, 6.45) is 0. The molecule has 0 bridgehead atoms. The van der Waals surface area contributed by atoms with Gasteiger partial charge in [0.1, 0.15) is 0 Å². The van der Waals surface area contributed by atoms with Crippen LogP contribution in [0.25, 0.3) is 0 Å². The summed E-state index contributed by atoms with van der Waals surface area (Å²) in [4.78, 5) is 0. The first-order valence-electron chi connectivity index (χ1n) is 2.70. The van der Waals surface area contributed by atoms with E-state index in [4.69, 9.17) is 0 Å². The second-order valence-electron chi connectivity index (χ2n) is 1.12. The Hall–Kier alpha value is 0.0499. The molecule has 0 unspecified atom stereocenters. The summed E-state index contributed by atoms with van der Waals surface area (Å²) in [5.74, 6) is 0. The van der Waals surface area contributed by atoms with Gasteiger partial charge < -0.3 is 10.5 Å². The van der Waals surface area contributed by atoms with Crippen LogP contribution in [0.4, 0.5) is 0 Å². The number of rotatable bonds is 2. The topological polar surface area (TPSA) is 24.1 Å². The molecule has 0 aromatic carbocycles. The fourth-order valence-electron chi connectivity index (χ4n) is 0.250. The van der Waals surface area contributed by atoms with Gasteiger partial charge in [0.2, 0.25) is 0 Å².